The van der Waals surface area contributed by atoms with E-state index in [0.717, 1.165) is 69.2 Å². The normalized spacial score (nSPS) is 21.5. The highest BCUT2D eigenvalue weighted by atomic mass is 15.3. The quantitative estimate of drug-likeness (QED) is 0.830. The smallest absolute Gasteiger partial charge is 0.134 e. The van der Waals surface area contributed by atoms with Crippen molar-refractivity contribution < 1.29 is 0 Å². The molecule has 1 atom stereocenters. The number of nitrogens with zero attached hydrogens (tertiary/aromatic N) is 5. The molecule has 144 valence electrons. The van der Waals surface area contributed by atoms with Gasteiger partial charge in [-0.15, -0.1) is 0 Å². The molecule has 2 saturated heterocycles. The van der Waals surface area contributed by atoms with Crippen molar-refractivity contribution >= 4 is 11.6 Å². The summed E-state index contributed by atoms with van der Waals surface area (Å²) in [4.78, 5) is 16.9. The first-order valence-corrected chi connectivity index (χ1v) is 10.3. The van der Waals surface area contributed by atoms with Crippen LogP contribution in [0.25, 0.3) is 0 Å². The summed E-state index contributed by atoms with van der Waals surface area (Å²) in [5.41, 5.74) is 1.39. The van der Waals surface area contributed by atoms with Gasteiger partial charge in [0.2, 0.25) is 0 Å². The highest BCUT2D eigenvalue weighted by molar-refractivity contribution is 5.51. The molecule has 0 saturated carbocycles. The molecule has 1 unspecified atom stereocenters. The van der Waals surface area contributed by atoms with Gasteiger partial charge in [-0.05, 0) is 31.2 Å². The van der Waals surface area contributed by atoms with Gasteiger partial charge in [0.15, 0.2) is 0 Å². The summed E-state index contributed by atoms with van der Waals surface area (Å²) in [6.45, 7) is 11.8. The summed E-state index contributed by atoms with van der Waals surface area (Å²) in [6.07, 6.45) is 2.59. The van der Waals surface area contributed by atoms with E-state index in [0.29, 0.717) is 0 Å². The SMILES string of the molecule is Cc1nc(N2CCN(Cc3ccccc3)CC2)cc(N2CCCC(C)C2)n1. The first kappa shape index (κ1) is 18.2. The van der Waals surface area contributed by atoms with Crippen LogP contribution in [0, 0.1) is 12.8 Å². The highest BCUT2D eigenvalue weighted by Crippen LogP contribution is 2.25. The molecule has 2 aromatic rings. The Kier molecular flexibility index (Phi) is 5.58. The molecule has 1 aromatic heterocycles. The van der Waals surface area contributed by atoms with Crippen LogP contribution >= 0.6 is 0 Å². The van der Waals surface area contributed by atoms with Gasteiger partial charge in [0.1, 0.15) is 17.5 Å². The van der Waals surface area contributed by atoms with Crippen molar-refractivity contribution in [2.24, 2.45) is 5.92 Å². The van der Waals surface area contributed by atoms with Gasteiger partial charge in [0, 0.05) is 51.9 Å². The monoisotopic (exact) mass is 365 g/mol. The molecule has 3 heterocycles. The molecule has 2 fully saturated rings. The average Bonchev–Trinajstić information content (AvgIpc) is 2.69. The number of benzene rings is 1. The van der Waals surface area contributed by atoms with E-state index in [1.807, 2.05) is 6.92 Å². The van der Waals surface area contributed by atoms with Crippen molar-refractivity contribution in [1.82, 2.24) is 14.9 Å². The van der Waals surface area contributed by atoms with Crippen LogP contribution < -0.4 is 9.80 Å². The second-order valence-corrected chi connectivity index (χ2v) is 8.07. The highest BCUT2D eigenvalue weighted by Gasteiger charge is 2.22. The van der Waals surface area contributed by atoms with Crippen LogP contribution in [0.3, 0.4) is 0 Å². The van der Waals surface area contributed by atoms with Crippen LogP contribution in [-0.4, -0.2) is 54.1 Å². The molecule has 0 spiro atoms. The zero-order valence-electron chi connectivity index (χ0n) is 16.6. The largest absolute Gasteiger partial charge is 0.356 e. The average molecular weight is 366 g/mol. The topological polar surface area (TPSA) is 35.5 Å². The molecule has 5 heteroatoms. The van der Waals surface area contributed by atoms with E-state index in [4.69, 9.17) is 9.97 Å². The molecule has 0 N–H and O–H groups in total. The minimum atomic E-state index is 0.749. The molecule has 0 radical (unpaired) electrons. The number of hydrogen-bond acceptors (Lipinski definition) is 5. The summed E-state index contributed by atoms with van der Waals surface area (Å²) < 4.78 is 0. The Morgan fingerprint density at radius 2 is 1.63 bits per heavy atom. The second-order valence-electron chi connectivity index (χ2n) is 8.07. The molecule has 1 aromatic carbocycles. The predicted molar refractivity (Wildman–Crippen MR) is 111 cm³/mol. The lowest BCUT2D eigenvalue weighted by atomic mass is 10.0. The van der Waals surface area contributed by atoms with Crippen molar-refractivity contribution in [3.63, 3.8) is 0 Å². The minimum absolute atomic E-state index is 0.749. The summed E-state index contributed by atoms with van der Waals surface area (Å²) in [7, 11) is 0. The van der Waals surface area contributed by atoms with Gasteiger partial charge in [-0.2, -0.15) is 0 Å². The maximum Gasteiger partial charge on any atom is 0.134 e. The van der Waals surface area contributed by atoms with E-state index >= 15 is 0 Å². The third-order valence-electron chi connectivity index (χ3n) is 5.74. The van der Waals surface area contributed by atoms with Gasteiger partial charge in [0.25, 0.3) is 0 Å². The van der Waals surface area contributed by atoms with Crippen LogP contribution in [0.1, 0.15) is 31.2 Å². The number of hydrogen-bond donors (Lipinski definition) is 0. The zero-order valence-corrected chi connectivity index (χ0v) is 16.6. The van der Waals surface area contributed by atoms with Gasteiger partial charge in [-0.1, -0.05) is 37.3 Å². The molecule has 2 aliphatic heterocycles. The van der Waals surface area contributed by atoms with Crippen molar-refractivity contribution in [3.05, 3.63) is 47.8 Å². The number of piperidine rings is 1. The Morgan fingerprint density at radius 1 is 0.926 bits per heavy atom. The molecule has 0 bridgehead atoms. The molecule has 5 nitrogen and oxygen atoms in total. The van der Waals surface area contributed by atoms with Crippen LogP contribution in [0.15, 0.2) is 36.4 Å². The predicted octanol–water partition coefficient (Wildman–Crippen LogP) is 3.34. The van der Waals surface area contributed by atoms with Gasteiger partial charge < -0.3 is 9.80 Å². The summed E-state index contributed by atoms with van der Waals surface area (Å²) in [5, 5.41) is 0. The maximum atomic E-state index is 4.75. The van der Waals surface area contributed by atoms with Crippen molar-refractivity contribution in [3.8, 4) is 0 Å². The van der Waals surface area contributed by atoms with E-state index in [9.17, 15) is 0 Å². The fourth-order valence-corrected chi connectivity index (χ4v) is 4.23. The Morgan fingerprint density at radius 3 is 2.33 bits per heavy atom. The number of aryl methyl sites for hydroxylation is 1. The zero-order chi connectivity index (χ0) is 18.6. The standard InChI is InChI=1S/C22H31N5/c1-18-7-6-10-27(16-18)22-15-21(23-19(2)24-22)26-13-11-25(12-14-26)17-20-8-4-3-5-9-20/h3-5,8-9,15,18H,6-7,10-14,16-17H2,1-2H3. The van der Waals surface area contributed by atoms with Gasteiger partial charge in [-0.3, -0.25) is 4.90 Å². The minimum Gasteiger partial charge on any atom is -0.356 e. The second kappa shape index (κ2) is 8.26. The van der Waals surface area contributed by atoms with Crippen LogP contribution in [0.5, 0.6) is 0 Å². The fourth-order valence-electron chi connectivity index (χ4n) is 4.23. The lowest BCUT2D eigenvalue weighted by Gasteiger charge is -2.36. The lowest BCUT2D eigenvalue weighted by molar-refractivity contribution is 0.249. The van der Waals surface area contributed by atoms with Crippen LogP contribution in [0.4, 0.5) is 11.6 Å². The van der Waals surface area contributed by atoms with Gasteiger partial charge in [-0.25, -0.2) is 9.97 Å². The molecular weight excluding hydrogens is 334 g/mol. The van der Waals surface area contributed by atoms with E-state index in [1.54, 1.807) is 0 Å². The van der Waals surface area contributed by atoms with Crippen LogP contribution in [-0.2, 0) is 6.54 Å². The van der Waals surface area contributed by atoms with E-state index in [1.165, 1.54) is 18.4 Å². The summed E-state index contributed by atoms with van der Waals surface area (Å²) in [5.74, 6) is 3.83. The summed E-state index contributed by atoms with van der Waals surface area (Å²) >= 11 is 0. The molecule has 27 heavy (non-hydrogen) atoms. The molecule has 0 aliphatic carbocycles. The van der Waals surface area contributed by atoms with Crippen molar-refractivity contribution in [2.45, 2.75) is 33.2 Å². The van der Waals surface area contributed by atoms with E-state index < -0.39 is 0 Å². The molecule has 4 rings (SSSR count). The Labute approximate surface area is 163 Å². The Bertz CT molecular complexity index is 740. The number of piperazine rings is 1. The van der Waals surface area contributed by atoms with Gasteiger partial charge in [0.05, 0.1) is 0 Å². The van der Waals surface area contributed by atoms with Crippen LogP contribution in [0.2, 0.25) is 0 Å². The Hall–Kier alpha value is -2.14. The number of anilines is 2. The maximum absolute atomic E-state index is 4.75. The molecule has 0 amide bonds. The van der Waals surface area contributed by atoms with Crippen molar-refractivity contribution in [1.29, 1.82) is 0 Å². The summed E-state index contributed by atoms with van der Waals surface area (Å²) in [6, 6.07) is 13.0. The van der Waals surface area contributed by atoms with Crippen molar-refractivity contribution in [2.75, 3.05) is 49.1 Å². The molecule has 2 aliphatic rings. The first-order valence-electron chi connectivity index (χ1n) is 10.3. The third-order valence-corrected chi connectivity index (χ3v) is 5.74. The third kappa shape index (κ3) is 4.59. The number of aromatic nitrogens is 2. The first-order chi connectivity index (χ1) is 13.2. The van der Waals surface area contributed by atoms with E-state index in [2.05, 4.69) is 58.0 Å². The van der Waals surface area contributed by atoms with Gasteiger partial charge >= 0.3 is 0 Å². The lowest BCUT2D eigenvalue weighted by Crippen LogP contribution is -2.46. The molecular formula is C22H31N5. The van der Waals surface area contributed by atoms with E-state index in [-0.39, 0.29) is 0 Å². The number of rotatable bonds is 4. The fraction of sp³-hybridized carbons (Fsp3) is 0.545. The Balaban J connectivity index is 1.40.